The zero-order valence-electron chi connectivity index (χ0n) is 12.7. The van der Waals surface area contributed by atoms with E-state index in [0.717, 1.165) is 19.0 Å². The minimum absolute atomic E-state index is 0. The van der Waals surface area contributed by atoms with E-state index in [4.69, 9.17) is 10.5 Å². The molecule has 0 amide bonds. The molecule has 0 aliphatic carbocycles. The van der Waals surface area contributed by atoms with Gasteiger partial charge in [-0.3, -0.25) is 4.90 Å². The lowest BCUT2D eigenvalue weighted by Crippen LogP contribution is -2.45. The fourth-order valence-electron chi connectivity index (χ4n) is 2.85. The van der Waals surface area contributed by atoms with Crippen molar-refractivity contribution in [3.8, 4) is 0 Å². The van der Waals surface area contributed by atoms with Gasteiger partial charge in [-0.2, -0.15) is 0 Å². The van der Waals surface area contributed by atoms with Gasteiger partial charge in [-0.05, 0) is 43.0 Å². The molecular weight excluding hydrogens is 288 g/mol. The summed E-state index contributed by atoms with van der Waals surface area (Å²) in [5, 5.41) is 0. The molecule has 0 spiro atoms. The number of hydrogen-bond donors (Lipinski definition) is 1. The van der Waals surface area contributed by atoms with E-state index in [1.54, 1.807) is 0 Å². The summed E-state index contributed by atoms with van der Waals surface area (Å²) < 4.78 is 4.71. The topological polar surface area (TPSA) is 55.6 Å². The lowest BCUT2D eigenvalue weighted by molar-refractivity contribution is 0.0600. The van der Waals surface area contributed by atoms with Crippen LogP contribution in [-0.2, 0) is 11.3 Å². The summed E-state index contributed by atoms with van der Waals surface area (Å²) in [6.45, 7) is 5.01. The first-order valence-corrected chi connectivity index (χ1v) is 7.25. The van der Waals surface area contributed by atoms with Crippen molar-refractivity contribution in [2.24, 2.45) is 11.7 Å². The molecule has 1 aliphatic rings. The van der Waals surface area contributed by atoms with Gasteiger partial charge in [0.2, 0.25) is 0 Å². The molecule has 0 radical (unpaired) electrons. The number of nitrogens with zero attached hydrogens (tertiary/aromatic N) is 1. The lowest BCUT2D eigenvalue weighted by atomic mass is 9.92. The number of benzene rings is 1. The van der Waals surface area contributed by atoms with Crippen molar-refractivity contribution in [1.29, 1.82) is 0 Å². The van der Waals surface area contributed by atoms with E-state index in [1.165, 1.54) is 25.5 Å². The van der Waals surface area contributed by atoms with E-state index < -0.39 is 0 Å². The van der Waals surface area contributed by atoms with Crippen molar-refractivity contribution in [3.05, 3.63) is 35.4 Å². The minimum atomic E-state index is -0.289. The first-order valence-electron chi connectivity index (χ1n) is 7.25. The van der Waals surface area contributed by atoms with Crippen molar-refractivity contribution in [3.63, 3.8) is 0 Å². The normalized spacial score (nSPS) is 22.4. The van der Waals surface area contributed by atoms with Crippen molar-refractivity contribution in [2.45, 2.75) is 32.4 Å². The molecule has 1 aromatic carbocycles. The van der Waals surface area contributed by atoms with Crippen LogP contribution in [0.3, 0.4) is 0 Å². The molecule has 0 bridgehead atoms. The van der Waals surface area contributed by atoms with Gasteiger partial charge in [0.1, 0.15) is 0 Å². The molecule has 4 nitrogen and oxygen atoms in total. The summed E-state index contributed by atoms with van der Waals surface area (Å²) in [5.74, 6) is 0.477. The predicted octanol–water partition coefficient (Wildman–Crippen LogP) is 2.45. The summed E-state index contributed by atoms with van der Waals surface area (Å²) in [6.07, 6.45) is 2.41. The molecular formula is C16H25ClN2O2. The Balaban J connectivity index is 0.00000220. The number of nitrogens with two attached hydrogens (primary N) is 1. The molecule has 5 heteroatoms. The fraction of sp³-hybridized carbons (Fsp3) is 0.562. The number of piperidine rings is 1. The number of methoxy groups -OCH3 is 1. The largest absolute Gasteiger partial charge is 0.465 e. The number of rotatable bonds is 4. The van der Waals surface area contributed by atoms with Crippen LogP contribution in [0.1, 0.15) is 35.7 Å². The van der Waals surface area contributed by atoms with Crippen LogP contribution in [0.2, 0.25) is 0 Å². The zero-order valence-corrected chi connectivity index (χ0v) is 13.6. The average Bonchev–Trinajstić information content (AvgIpc) is 2.49. The third kappa shape index (κ3) is 4.70. The Morgan fingerprint density at radius 2 is 2.05 bits per heavy atom. The molecule has 1 fully saturated rings. The van der Waals surface area contributed by atoms with Crippen LogP contribution in [0.25, 0.3) is 0 Å². The number of carbonyl (C=O) groups is 1. The number of halogens is 1. The van der Waals surface area contributed by atoms with E-state index in [-0.39, 0.29) is 18.4 Å². The van der Waals surface area contributed by atoms with Gasteiger partial charge in [0, 0.05) is 19.1 Å². The molecule has 1 heterocycles. The Morgan fingerprint density at radius 3 is 2.62 bits per heavy atom. The van der Waals surface area contributed by atoms with Crippen LogP contribution in [0.4, 0.5) is 0 Å². The first kappa shape index (κ1) is 18.0. The van der Waals surface area contributed by atoms with Gasteiger partial charge in [-0.15, -0.1) is 12.4 Å². The second-order valence-electron chi connectivity index (χ2n) is 5.68. The number of esters is 1. The van der Waals surface area contributed by atoms with Crippen molar-refractivity contribution < 1.29 is 9.53 Å². The van der Waals surface area contributed by atoms with Crippen LogP contribution < -0.4 is 5.73 Å². The zero-order chi connectivity index (χ0) is 14.5. The molecule has 21 heavy (non-hydrogen) atoms. The molecule has 1 saturated heterocycles. The average molecular weight is 313 g/mol. The number of carbonyl (C=O) groups excluding carboxylic acids is 1. The van der Waals surface area contributed by atoms with Gasteiger partial charge in [0.15, 0.2) is 0 Å². The monoisotopic (exact) mass is 312 g/mol. The smallest absolute Gasteiger partial charge is 0.337 e. The van der Waals surface area contributed by atoms with Crippen molar-refractivity contribution >= 4 is 18.4 Å². The summed E-state index contributed by atoms with van der Waals surface area (Å²) in [4.78, 5) is 13.9. The predicted molar refractivity (Wildman–Crippen MR) is 86.7 cm³/mol. The Hall–Kier alpha value is -1.10. The summed E-state index contributed by atoms with van der Waals surface area (Å²) >= 11 is 0. The Bertz CT molecular complexity index is 450. The first-order chi connectivity index (χ1) is 9.63. The van der Waals surface area contributed by atoms with Gasteiger partial charge in [-0.1, -0.05) is 19.1 Å². The highest BCUT2D eigenvalue weighted by molar-refractivity contribution is 5.89. The van der Waals surface area contributed by atoms with Gasteiger partial charge in [0.25, 0.3) is 0 Å². The van der Waals surface area contributed by atoms with Crippen molar-refractivity contribution in [2.75, 3.05) is 20.2 Å². The van der Waals surface area contributed by atoms with Gasteiger partial charge < -0.3 is 10.5 Å². The lowest BCUT2D eigenvalue weighted by Gasteiger charge is -2.38. The molecule has 118 valence electrons. The molecule has 0 aromatic heterocycles. The van der Waals surface area contributed by atoms with Gasteiger partial charge in [0.05, 0.1) is 12.7 Å². The Morgan fingerprint density at radius 1 is 1.38 bits per heavy atom. The summed E-state index contributed by atoms with van der Waals surface area (Å²) in [5.41, 5.74) is 7.70. The molecule has 2 unspecified atom stereocenters. The third-order valence-corrected chi connectivity index (χ3v) is 4.13. The molecule has 2 N–H and O–H groups in total. The van der Waals surface area contributed by atoms with Crippen molar-refractivity contribution in [1.82, 2.24) is 4.90 Å². The number of hydrogen-bond acceptors (Lipinski definition) is 4. The standard InChI is InChI=1S/C16H24N2O2.ClH/c1-12-7-8-18(15(9-12)10-17)11-13-3-5-14(6-4-13)16(19)20-2;/h3-6,12,15H,7-11,17H2,1-2H3;1H. The molecule has 2 atom stereocenters. The van der Waals surface area contributed by atoms with E-state index in [2.05, 4.69) is 11.8 Å². The maximum Gasteiger partial charge on any atom is 0.337 e. The highest BCUT2D eigenvalue weighted by Gasteiger charge is 2.25. The third-order valence-electron chi connectivity index (χ3n) is 4.13. The van der Waals surface area contributed by atoms with Crippen LogP contribution in [0.15, 0.2) is 24.3 Å². The van der Waals surface area contributed by atoms with Crippen LogP contribution in [-0.4, -0.2) is 37.1 Å². The quantitative estimate of drug-likeness (QED) is 0.868. The van der Waals surface area contributed by atoms with E-state index in [9.17, 15) is 4.79 Å². The molecule has 1 aliphatic heterocycles. The Kier molecular flexibility index (Phi) is 7.15. The molecule has 1 aromatic rings. The number of likely N-dealkylation sites (tertiary alicyclic amines) is 1. The highest BCUT2D eigenvalue weighted by atomic mass is 35.5. The molecule has 2 rings (SSSR count). The summed E-state index contributed by atoms with van der Waals surface area (Å²) in [7, 11) is 1.40. The highest BCUT2D eigenvalue weighted by Crippen LogP contribution is 2.23. The fourth-order valence-corrected chi connectivity index (χ4v) is 2.85. The van der Waals surface area contributed by atoms with Crippen LogP contribution >= 0.6 is 12.4 Å². The maximum atomic E-state index is 11.4. The van der Waals surface area contributed by atoms with Crippen LogP contribution in [0, 0.1) is 5.92 Å². The minimum Gasteiger partial charge on any atom is -0.465 e. The summed E-state index contributed by atoms with van der Waals surface area (Å²) in [6, 6.07) is 8.12. The van der Waals surface area contributed by atoms with E-state index >= 15 is 0 Å². The van der Waals surface area contributed by atoms with Gasteiger partial charge in [-0.25, -0.2) is 4.79 Å². The second-order valence-corrected chi connectivity index (χ2v) is 5.68. The number of ether oxygens (including phenoxy) is 1. The second kappa shape index (κ2) is 8.37. The SMILES string of the molecule is COC(=O)c1ccc(CN2CCC(C)CC2CN)cc1.Cl. The molecule has 0 saturated carbocycles. The van der Waals surface area contributed by atoms with Crippen LogP contribution in [0.5, 0.6) is 0 Å². The van der Waals surface area contributed by atoms with Gasteiger partial charge >= 0.3 is 5.97 Å². The van der Waals surface area contributed by atoms with E-state index in [1.807, 2.05) is 24.3 Å². The maximum absolute atomic E-state index is 11.4. The Labute approximate surface area is 133 Å². The van der Waals surface area contributed by atoms with E-state index in [0.29, 0.717) is 18.2 Å².